The minimum absolute atomic E-state index is 0.0770. The van der Waals surface area contributed by atoms with Crippen molar-refractivity contribution in [2.45, 2.75) is 12.5 Å². The zero-order chi connectivity index (χ0) is 20.4. The standard InChI is InChI=1S/C19H19ClN4O3S2/c20-16-7-6-15(29-16)17(25)22-10-14-11-24(19(28)27-14)13-4-2-12(3-5-13)23-9-1-8-21-18(23)26/h2-7,14H,1,8-11H2,(H,21,26)(H,22,25)/t14-/m0/s1. The summed E-state index contributed by atoms with van der Waals surface area (Å²) in [6.45, 7) is 2.29. The summed E-state index contributed by atoms with van der Waals surface area (Å²) < 4.78 is 6.30. The molecule has 0 unspecified atom stereocenters. The molecule has 29 heavy (non-hydrogen) atoms. The summed E-state index contributed by atoms with van der Waals surface area (Å²) in [7, 11) is 0. The van der Waals surface area contributed by atoms with Crippen molar-refractivity contribution >= 4 is 63.6 Å². The SMILES string of the molecule is O=C(NC[C@H]1CN(c2ccc(N3CCCNC3=O)cc2)C(=S)O1)c1ccc(Cl)s1. The number of urea groups is 1. The van der Waals surface area contributed by atoms with Crippen molar-refractivity contribution in [1.82, 2.24) is 10.6 Å². The smallest absolute Gasteiger partial charge is 0.321 e. The Kier molecular flexibility index (Phi) is 5.89. The maximum atomic E-state index is 12.2. The van der Waals surface area contributed by atoms with Crippen molar-refractivity contribution in [3.63, 3.8) is 0 Å². The number of anilines is 2. The largest absolute Gasteiger partial charge is 0.464 e. The second-order valence-corrected chi connectivity index (χ2v) is 8.75. The molecule has 2 N–H and O–H groups in total. The maximum absolute atomic E-state index is 12.2. The first-order chi connectivity index (χ1) is 14.0. The van der Waals surface area contributed by atoms with Gasteiger partial charge >= 0.3 is 6.03 Å². The summed E-state index contributed by atoms with van der Waals surface area (Å²) in [5.41, 5.74) is 1.73. The van der Waals surface area contributed by atoms with E-state index in [0.29, 0.717) is 40.6 Å². The molecule has 3 heterocycles. The van der Waals surface area contributed by atoms with Crippen LogP contribution in [-0.2, 0) is 4.74 Å². The molecule has 2 aromatic rings. The van der Waals surface area contributed by atoms with Crippen LogP contribution in [0.15, 0.2) is 36.4 Å². The van der Waals surface area contributed by atoms with E-state index < -0.39 is 0 Å². The topological polar surface area (TPSA) is 73.9 Å². The van der Waals surface area contributed by atoms with E-state index in [9.17, 15) is 9.59 Å². The minimum atomic E-state index is -0.241. The zero-order valence-electron chi connectivity index (χ0n) is 15.4. The average Bonchev–Trinajstić information content (AvgIpc) is 3.32. The Bertz CT molecular complexity index is 934. The molecule has 2 fully saturated rings. The third-order valence-electron chi connectivity index (χ3n) is 4.71. The van der Waals surface area contributed by atoms with Gasteiger partial charge in [-0.25, -0.2) is 4.79 Å². The summed E-state index contributed by atoms with van der Waals surface area (Å²) >= 11 is 12.5. The predicted molar refractivity (Wildman–Crippen MR) is 118 cm³/mol. The summed E-state index contributed by atoms with van der Waals surface area (Å²) in [6.07, 6.45) is 0.678. The van der Waals surface area contributed by atoms with Crippen molar-refractivity contribution in [1.29, 1.82) is 0 Å². The second-order valence-electron chi connectivity index (χ2n) is 6.68. The molecule has 3 amide bonds. The van der Waals surface area contributed by atoms with Gasteiger partial charge in [0.1, 0.15) is 6.10 Å². The van der Waals surface area contributed by atoms with E-state index >= 15 is 0 Å². The molecule has 0 radical (unpaired) electrons. The van der Waals surface area contributed by atoms with Crippen LogP contribution in [0.2, 0.25) is 4.34 Å². The number of hydrogen-bond donors (Lipinski definition) is 2. The Morgan fingerprint density at radius 2 is 1.97 bits per heavy atom. The highest BCUT2D eigenvalue weighted by Gasteiger charge is 2.30. The molecule has 0 bridgehead atoms. The van der Waals surface area contributed by atoms with E-state index in [2.05, 4.69) is 10.6 Å². The number of thiocarbonyl (C=S) groups is 1. The summed E-state index contributed by atoms with van der Waals surface area (Å²) in [5, 5.41) is 6.07. The van der Waals surface area contributed by atoms with Gasteiger partial charge in [-0.1, -0.05) is 11.6 Å². The van der Waals surface area contributed by atoms with Gasteiger partial charge in [0.15, 0.2) is 0 Å². The van der Waals surface area contributed by atoms with Crippen LogP contribution in [0.1, 0.15) is 16.1 Å². The van der Waals surface area contributed by atoms with Gasteiger partial charge in [-0.3, -0.25) is 14.6 Å². The molecular weight excluding hydrogens is 432 g/mol. The Balaban J connectivity index is 1.35. The number of rotatable bonds is 5. The van der Waals surface area contributed by atoms with Crippen LogP contribution in [-0.4, -0.2) is 49.4 Å². The van der Waals surface area contributed by atoms with E-state index in [4.69, 9.17) is 28.6 Å². The molecule has 1 aromatic heterocycles. The molecule has 1 aromatic carbocycles. The van der Waals surface area contributed by atoms with E-state index in [1.54, 1.807) is 17.0 Å². The van der Waals surface area contributed by atoms with Crippen LogP contribution in [0.3, 0.4) is 0 Å². The molecule has 0 aliphatic carbocycles. The van der Waals surface area contributed by atoms with Crippen molar-refractivity contribution in [2.24, 2.45) is 0 Å². The number of halogens is 1. The molecule has 1 atom stereocenters. The molecule has 2 aliphatic rings. The Morgan fingerprint density at radius 3 is 2.62 bits per heavy atom. The Hall–Kier alpha value is -2.36. The highest BCUT2D eigenvalue weighted by molar-refractivity contribution is 7.80. The lowest BCUT2D eigenvalue weighted by Crippen LogP contribution is -2.46. The minimum Gasteiger partial charge on any atom is -0.464 e. The molecule has 2 saturated heterocycles. The third-order valence-corrected chi connectivity index (χ3v) is 6.26. The van der Waals surface area contributed by atoms with Gasteiger partial charge in [0, 0.05) is 24.5 Å². The van der Waals surface area contributed by atoms with Gasteiger partial charge in [-0.2, -0.15) is 0 Å². The number of ether oxygens (including phenoxy) is 1. The van der Waals surface area contributed by atoms with Crippen LogP contribution in [0.5, 0.6) is 0 Å². The number of hydrogen-bond acceptors (Lipinski definition) is 5. The molecule has 10 heteroatoms. The lowest BCUT2D eigenvalue weighted by molar-refractivity contribution is 0.0938. The van der Waals surface area contributed by atoms with Crippen LogP contribution in [0, 0.1) is 0 Å². The van der Waals surface area contributed by atoms with Gasteiger partial charge in [0.2, 0.25) is 0 Å². The van der Waals surface area contributed by atoms with E-state index in [-0.39, 0.29) is 18.0 Å². The van der Waals surface area contributed by atoms with Gasteiger partial charge in [0.25, 0.3) is 11.1 Å². The molecular formula is C19H19ClN4O3S2. The van der Waals surface area contributed by atoms with E-state index in [1.165, 1.54) is 11.3 Å². The van der Waals surface area contributed by atoms with Crippen LogP contribution in [0.4, 0.5) is 16.2 Å². The number of carbonyl (C=O) groups is 2. The summed E-state index contributed by atoms with van der Waals surface area (Å²) in [6, 6.07) is 11.0. The highest BCUT2D eigenvalue weighted by Crippen LogP contribution is 2.26. The molecule has 7 nitrogen and oxygen atoms in total. The first-order valence-corrected chi connectivity index (χ1v) is 10.8. The van der Waals surface area contributed by atoms with Crippen LogP contribution in [0.25, 0.3) is 0 Å². The zero-order valence-corrected chi connectivity index (χ0v) is 17.8. The normalized spacial score (nSPS) is 19.1. The van der Waals surface area contributed by atoms with E-state index in [1.807, 2.05) is 29.2 Å². The third kappa shape index (κ3) is 4.47. The highest BCUT2D eigenvalue weighted by atomic mass is 35.5. The van der Waals surface area contributed by atoms with Gasteiger partial charge in [0.05, 0.1) is 22.3 Å². The van der Waals surface area contributed by atoms with Crippen molar-refractivity contribution in [2.75, 3.05) is 36.0 Å². The monoisotopic (exact) mass is 450 g/mol. The van der Waals surface area contributed by atoms with Gasteiger partial charge < -0.3 is 15.4 Å². The van der Waals surface area contributed by atoms with Crippen molar-refractivity contribution in [3.05, 3.63) is 45.6 Å². The fourth-order valence-electron chi connectivity index (χ4n) is 3.26. The number of carbonyl (C=O) groups excluding carboxylic acids is 2. The summed E-state index contributed by atoms with van der Waals surface area (Å²) in [5.74, 6) is -0.181. The van der Waals surface area contributed by atoms with Crippen LogP contribution < -0.4 is 20.4 Å². The lowest BCUT2D eigenvalue weighted by Gasteiger charge is -2.28. The number of amides is 3. The molecule has 0 spiro atoms. The molecule has 4 rings (SSSR count). The molecule has 152 valence electrons. The lowest BCUT2D eigenvalue weighted by atomic mass is 10.2. The van der Waals surface area contributed by atoms with Crippen LogP contribution >= 0.6 is 35.2 Å². The number of nitrogens with zero attached hydrogens (tertiary/aromatic N) is 2. The Morgan fingerprint density at radius 1 is 1.24 bits per heavy atom. The number of benzene rings is 1. The number of thiophene rings is 1. The maximum Gasteiger partial charge on any atom is 0.321 e. The molecule has 2 aliphatic heterocycles. The van der Waals surface area contributed by atoms with Gasteiger partial charge in [-0.15, -0.1) is 11.3 Å². The number of nitrogens with one attached hydrogen (secondary N) is 2. The van der Waals surface area contributed by atoms with E-state index in [0.717, 1.165) is 17.8 Å². The van der Waals surface area contributed by atoms with Gasteiger partial charge in [-0.05, 0) is 55.0 Å². The Labute approximate surface area is 182 Å². The predicted octanol–water partition coefficient (Wildman–Crippen LogP) is 3.24. The fourth-order valence-corrected chi connectivity index (χ4v) is 4.53. The van der Waals surface area contributed by atoms with Crippen molar-refractivity contribution < 1.29 is 14.3 Å². The first kappa shape index (κ1) is 19.9. The quantitative estimate of drug-likeness (QED) is 0.684. The average molecular weight is 451 g/mol. The second kappa shape index (κ2) is 8.56. The van der Waals surface area contributed by atoms with Crippen molar-refractivity contribution in [3.8, 4) is 0 Å². The fraction of sp³-hybridized carbons (Fsp3) is 0.316. The summed E-state index contributed by atoms with van der Waals surface area (Å²) in [4.78, 5) is 28.3. The molecule has 0 saturated carbocycles. The first-order valence-electron chi connectivity index (χ1n) is 9.18.